The van der Waals surface area contributed by atoms with E-state index >= 15 is 0 Å². The topological polar surface area (TPSA) is 84.5 Å². The van der Waals surface area contributed by atoms with Crippen molar-refractivity contribution in [2.24, 2.45) is 5.92 Å². The fraction of sp³-hybridized carbons (Fsp3) is 0.500. The van der Waals surface area contributed by atoms with E-state index in [9.17, 15) is 14.7 Å². The standard InChI is InChI=1S/C12H15ClN2O4/c13-2-4-15-11(18)1-3-14(12(15)19)9-5-8(7-16)10(17)6-9/h1-4,8-10,16-17H,5-7H2/t8-,9-,10+/m1/s1. The van der Waals surface area contributed by atoms with Gasteiger partial charge in [-0.1, -0.05) is 11.6 Å². The molecule has 1 saturated carbocycles. The van der Waals surface area contributed by atoms with Gasteiger partial charge >= 0.3 is 5.69 Å². The number of hydrogen-bond acceptors (Lipinski definition) is 4. The Morgan fingerprint density at radius 1 is 1.42 bits per heavy atom. The van der Waals surface area contributed by atoms with E-state index < -0.39 is 17.4 Å². The summed E-state index contributed by atoms with van der Waals surface area (Å²) in [5.41, 5.74) is 0.128. The molecule has 0 unspecified atom stereocenters. The Bertz CT molecular complexity index is 592. The van der Waals surface area contributed by atoms with Gasteiger partial charge < -0.3 is 10.2 Å². The minimum absolute atomic E-state index is 0.117. The molecule has 0 amide bonds. The Kier molecular flexibility index (Phi) is 4.24. The number of hydrogen-bond donors (Lipinski definition) is 2. The molecule has 0 aromatic carbocycles. The first-order chi connectivity index (χ1) is 9.08. The van der Waals surface area contributed by atoms with Crippen molar-refractivity contribution in [2.75, 3.05) is 6.61 Å². The maximum atomic E-state index is 12.1. The Morgan fingerprint density at radius 3 is 2.74 bits per heavy atom. The zero-order valence-electron chi connectivity index (χ0n) is 10.1. The van der Waals surface area contributed by atoms with E-state index in [1.54, 1.807) is 0 Å². The molecule has 104 valence electrons. The summed E-state index contributed by atoms with van der Waals surface area (Å²) in [5, 5.41) is 18.9. The van der Waals surface area contributed by atoms with Gasteiger partial charge in [-0.15, -0.1) is 0 Å². The summed E-state index contributed by atoms with van der Waals surface area (Å²) in [4.78, 5) is 23.7. The van der Waals surface area contributed by atoms with E-state index in [2.05, 4.69) is 0 Å². The van der Waals surface area contributed by atoms with Crippen LogP contribution in [0.1, 0.15) is 18.9 Å². The van der Waals surface area contributed by atoms with Crippen LogP contribution in [0.15, 0.2) is 27.4 Å². The third-order valence-electron chi connectivity index (χ3n) is 3.51. The van der Waals surface area contributed by atoms with Crippen LogP contribution in [0, 0.1) is 5.92 Å². The summed E-state index contributed by atoms with van der Waals surface area (Å²) in [6, 6.07) is 1.05. The second kappa shape index (κ2) is 5.73. The largest absolute Gasteiger partial charge is 0.396 e. The van der Waals surface area contributed by atoms with Crippen LogP contribution in [-0.2, 0) is 0 Å². The molecule has 1 fully saturated rings. The summed E-state index contributed by atoms with van der Waals surface area (Å²) in [6.07, 6.45) is 2.86. The summed E-state index contributed by atoms with van der Waals surface area (Å²) in [7, 11) is 0. The maximum absolute atomic E-state index is 12.1. The van der Waals surface area contributed by atoms with E-state index in [1.165, 1.54) is 23.0 Å². The van der Waals surface area contributed by atoms with Gasteiger partial charge in [0.25, 0.3) is 5.56 Å². The molecule has 1 aliphatic rings. The van der Waals surface area contributed by atoms with Crippen LogP contribution in [0.3, 0.4) is 0 Å². The molecular weight excluding hydrogens is 272 g/mol. The molecule has 2 N–H and O–H groups in total. The summed E-state index contributed by atoms with van der Waals surface area (Å²) in [6.45, 7) is -0.117. The average molecular weight is 287 g/mol. The van der Waals surface area contributed by atoms with Crippen molar-refractivity contribution in [3.8, 4) is 0 Å². The van der Waals surface area contributed by atoms with E-state index in [0.717, 1.165) is 10.1 Å². The lowest BCUT2D eigenvalue weighted by atomic mass is 10.1. The normalized spacial score (nSPS) is 27.2. The van der Waals surface area contributed by atoms with Gasteiger partial charge in [-0.3, -0.25) is 9.36 Å². The van der Waals surface area contributed by atoms with Gasteiger partial charge in [-0.05, 0) is 12.8 Å². The van der Waals surface area contributed by atoms with Gasteiger partial charge in [-0.2, -0.15) is 0 Å². The number of rotatable bonds is 3. The predicted molar refractivity (Wildman–Crippen MR) is 71.0 cm³/mol. The smallest absolute Gasteiger partial charge is 0.335 e. The molecular formula is C12H15ClN2O4. The van der Waals surface area contributed by atoms with Gasteiger partial charge in [0.1, 0.15) is 0 Å². The Hall–Kier alpha value is -1.37. The lowest BCUT2D eigenvalue weighted by molar-refractivity contribution is 0.0906. The quantitative estimate of drug-likeness (QED) is 0.818. The third-order valence-corrected chi connectivity index (χ3v) is 3.62. The molecule has 19 heavy (non-hydrogen) atoms. The van der Waals surface area contributed by atoms with Crippen LogP contribution >= 0.6 is 11.6 Å². The average Bonchev–Trinajstić information content (AvgIpc) is 2.75. The number of nitrogens with zero attached hydrogens (tertiary/aromatic N) is 2. The molecule has 0 radical (unpaired) electrons. The molecule has 1 aromatic rings. The molecule has 0 spiro atoms. The van der Waals surface area contributed by atoms with Gasteiger partial charge in [0.2, 0.25) is 0 Å². The fourth-order valence-electron chi connectivity index (χ4n) is 2.48. The van der Waals surface area contributed by atoms with Crippen molar-refractivity contribution >= 4 is 17.8 Å². The minimum atomic E-state index is -0.633. The lowest BCUT2D eigenvalue weighted by Crippen LogP contribution is -2.37. The number of halogens is 1. The summed E-state index contributed by atoms with van der Waals surface area (Å²) in [5.74, 6) is -0.235. The molecule has 0 saturated heterocycles. The van der Waals surface area contributed by atoms with Gasteiger partial charge in [0.05, 0.1) is 6.10 Å². The van der Waals surface area contributed by atoms with Crippen LogP contribution < -0.4 is 11.2 Å². The van der Waals surface area contributed by atoms with Crippen molar-refractivity contribution in [1.82, 2.24) is 9.13 Å². The fourth-order valence-corrected chi connectivity index (χ4v) is 2.59. The van der Waals surface area contributed by atoms with Crippen LogP contribution in [0.2, 0.25) is 0 Å². The number of aromatic nitrogens is 2. The van der Waals surface area contributed by atoms with Crippen LogP contribution in [0.5, 0.6) is 0 Å². The van der Waals surface area contributed by atoms with Crippen molar-refractivity contribution in [2.45, 2.75) is 25.0 Å². The molecule has 6 nitrogen and oxygen atoms in total. The van der Waals surface area contributed by atoms with Gasteiger partial charge in [0, 0.05) is 42.6 Å². The zero-order chi connectivity index (χ0) is 14.0. The lowest BCUT2D eigenvalue weighted by Gasteiger charge is -2.14. The highest BCUT2D eigenvalue weighted by Gasteiger charge is 2.34. The van der Waals surface area contributed by atoms with E-state index in [4.69, 9.17) is 16.7 Å². The highest BCUT2D eigenvalue weighted by Crippen LogP contribution is 2.33. The second-order valence-electron chi connectivity index (χ2n) is 4.62. The van der Waals surface area contributed by atoms with Crippen molar-refractivity contribution < 1.29 is 10.2 Å². The first-order valence-electron chi connectivity index (χ1n) is 5.98. The first-order valence-corrected chi connectivity index (χ1v) is 6.41. The van der Waals surface area contributed by atoms with Gasteiger partial charge in [0.15, 0.2) is 0 Å². The Balaban J connectivity index is 2.40. The van der Waals surface area contributed by atoms with E-state index in [-0.39, 0.29) is 18.6 Å². The molecule has 1 heterocycles. The van der Waals surface area contributed by atoms with Crippen LogP contribution in [0.25, 0.3) is 6.20 Å². The van der Waals surface area contributed by atoms with Gasteiger partial charge in [-0.25, -0.2) is 9.36 Å². The van der Waals surface area contributed by atoms with Crippen LogP contribution in [-0.4, -0.2) is 32.1 Å². The number of aliphatic hydroxyl groups excluding tert-OH is 2. The summed E-state index contributed by atoms with van der Waals surface area (Å²) >= 11 is 5.40. The van der Waals surface area contributed by atoms with E-state index in [0.29, 0.717) is 12.8 Å². The number of aliphatic hydroxyl groups is 2. The van der Waals surface area contributed by atoms with Crippen molar-refractivity contribution in [3.05, 3.63) is 38.6 Å². The molecule has 3 atom stereocenters. The predicted octanol–water partition coefficient (Wildman–Crippen LogP) is -0.0187. The molecule has 0 bridgehead atoms. The zero-order valence-corrected chi connectivity index (χ0v) is 10.9. The maximum Gasteiger partial charge on any atom is 0.335 e. The highest BCUT2D eigenvalue weighted by atomic mass is 35.5. The second-order valence-corrected chi connectivity index (χ2v) is 4.88. The van der Waals surface area contributed by atoms with Crippen molar-refractivity contribution in [3.63, 3.8) is 0 Å². The molecule has 2 rings (SSSR count). The molecule has 1 aromatic heterocycles. The Labute approximate surface area is 114 Å². The molecule has 0 aliphatic heterocycles. The molecule has 7 heteroatoms. The monoisotopic (exact) mass is 286 g/mol. The van der Waals surface area contributed by atoms with Crippen molar-refractivity contribution in [1.29, 1.82) is 0 Å². The highest BCUT2D eigenvalue weighted by molar-refractivity contribution is 6.26. The molecule has 1 aliphatic carbocycles. The van der Waals surface area contributed by atoms with E-state index in [1.807, 2.05) is 0 Å². The SMILES string of the molecule is O=c1ccn([C@@H]2C[C@H](CO)[C@@H](O)C2)c(=O)n1C=CCl. The minimum Gasteiger partial charge on any atom is -0.396 e. The first kappa shape index (κ1) is 14.0. The third kappa shape index (κ3) is 2.65. The van der Waals surface area contributed by atoms with Crippen LogP contribution in [0.4, 0.5) is 0 Å². The summed E-state index contributed by atoms with van der Waals surface area (Å²) < 4.78 is 2.31. The Morgan fingerprint density at radius 2 is 2.16 bits per heavy atom.